The van der Waals surface area contributed by atoms with E-state index < -0.39 is 0 Å². The van der Waals surface area contributed by atoms with Gasteiger partial charge in [-0.25, -0.2) is 4.98 Å². The number of pyridine rings is 1. The number of benzene rings is 1. The summed E-state index contributed by atoms with van der Waals surface area (Å²) in [7, 11) is 0. The monoisotopic (exact) mass is 243 g/mol. The van der Waals surface area contributed by atoms with Crippen LogP contribution in [-0.4, -0.2) is 18.1 Å². The normalized spacial score (nSPS) is 10.0. The van der Waals surface area contributed by atoms with Gasteiger partial charge >= 0.3 is 0 Å². The fraction of sp³-hybridized carbons (Fsp3) is 0.214. The van der Waals surface area contributed by atoms with E-state index in [4.69, 9.17) is 10.5 Å². The highest BCUT2D eigenvalue weighted by Crippen LogP contribution is 2.09. The molecule has 18 heavy (non-hydrogen) atoms. The quantitative estimate of drug-likeness (QED) is 0.765. The average molecular weight is 243 g/mol. The molecule has 0 radical (unpaired) electrons. The van der Waals surface area contributed by atoms with Gasteiger partial charge in [-0.15, -0.1) is 0 Å². The van der Waals surface area contributed by atoms with Gasteiger partial charge in [-0.1, -0.05) is 24.3 Å². The molecule has 0 saturated carbocycles. The first kappa shape index (κ1) is 12.2. The number of anilines is 2. The zero-order chi connectivity index (χ0) is 12.6. The summed E-state index contributed by atoms with van der Waals surface area (Å²) in [5.41, 5.74) is 5.59. The van der Waals surface area contributed by atoms with Gasteiger partial charge < -0.3 is 15.8 Å². The van der Waals surface area contributed by atoms with Gasteiger partial charge in [0, 0.05) is 6.54 Å². The van der Waals surface area contributed by atoms with Gasteiger partial charge in [-0.2, -0.15) is 0 Å². The van der Waals surface area contributed by atoms with Crippen LogP contribution in [0.4, 0.5) is 11.6 Å². The third-order valence-electron chi connectivity index (χ3n) is 2.41. The molecule has 0 aliphatic carbocycles. The topological polar surface area (TPSA) is 60.2 Å². The van der Waals surface area contributed by atoms with Crippen LogP contribution in [0.5, 0.6) is 5.75 Å². The molecule has 0 aliphatic rings. The van der Waals surface area contributed by atoms with Crippen molar-refractivity contribution in [3.8, 4) is 5.75 Å². The molecule has 2 rings (SSSR count). The maximum absolute atomic E-state index is 5.59. The number of aromatic nitrogens is 1. The minimum absolute atomic E-state index is 0.528. The molecule has 1 heterocycles. The van der Waals surface area contributed by atoms with Crippen LogP contribution >= 0.6 is 0 Å². The first-order chi connectivity index (χ1) is 8.84. The number of para-hydroxylation sites is 1. The van der Waals surface area contributed by atoms with Crippen LogP contribution in [0.1, 0.15) is 6.42 Å². The third-order valence-corrected chi connectivity index (χ3v) is 2.41. The van der Waals surface area contributed by atoms with Crippen LogP contribution in [-0.2, 0) is 0 Å². The third kappa shape index (κ3) is 3.97. The highest BCUT2D eigenvalue weighted by molar-refractivity contribution is 5.41. The number of nitrogens with one attached hydrogen (secondary N) is 1. The smallest absolute Gasteiger partial charge is 0.128 e. The second kappa shape index (κ2) is 6.49. The molecule has 1 aromatic carbocycles. The maximum atomic E-state index is 5.59. The predicted octanol–water partition coefficient (Wildman–Crippen LogP) is 2.54. The van der Waals surface area contributed by atoms with Crippen molar-refractivity contribution >= 4 is 11.6 Å². The Hall–Kier alpha value is -2.23. The largest absolute Gasteiger partial charge is 0.494 e. The fourth-order valence-corrected chi connectivity index (χ4v) is 1.55. The Kier molecular flexibility index (Phi) is 4.41. The number of nitrogen functional groups attached to an aromatic ring is 1. The Balaban J connectivity index is 1.65. The Labute approximate surface area is 107 Å². The first-order valence-electron chi connectivity index (χ1n) is 5.99. The van der Waals surface area contributed by atoms with Crippen molar-refractivity contribution in [2.75, 3.05) is 24.2 Å². The van der Waals surface area contributed by atoms with E-state index in [0.717, 1.165) is 24.5 Å². The number of nitrogens with zero attached hydrogens (tertiary/aromatic N) is 1. The molecule has 2 aromatic rings. The number of rotatable bonds is 6. The fourth-order valence-electron chi connectivity index (χ4n) is 1.55. The predicted molar refractivity (Wildman–Crippen MR) is 73.7 cm³/mol. The lowest BCUT2D eigenvalue weighted by molar-refractivity contribution is 0.315. The van der Waals surface area contributed by atoms with Gasteiger partial charge in [0.05, 0.1) is 6.61 Å². The second-order valence-corrected chi connectivity index (χ2v) is 3.89. The lowest BCUT2D eigenvalue weighted by atomic mass is 10.3. The number of nitrogens with two attached hydrogens (primary N) is 1. The summed E-state index contributed by atoms with van der Waals surface area (Å²) in [6.07, 6.45) is 0.908. The molecule has 0 amide bonds. The molecule has 4 heteroatoms. The zero-order valence-corrected chi connectivity index (χ0v) is 10.2. The highest BCUT2D eigenvalue weighted by atomic mass is 16.5. The van der Waals surface area contributed by atoms with E-state index in [1.807, 2.05) is 42.5 Å². The van der Waals surface area contributed by atoms with Crippen molar-refractivity contribution in [3.05, 3.63) is 48.5 Å². The lowest BCUT2D eigenvalue weighted by Gasteiger charge is -2.07. The Bertz CT molecular complexity index is 473. The van der Waals surface area contributed by atoms with E-state index in [9.17, 15) is 0 Å². The molecule has 4 nitrogen and oxygen atoms in total. The van der Waals surface area contributed by atoms with Crippen molar-refractivity contribution in [3.63, 3.8) is 0 Å². The summed E-state index contributed by atoms with van der Waals surface area (Å²) in [4.78, 5) is 4.15. The summed E-state index contributed by atoms with van der Waals surface area (Å²) in [6.45, 7) is 1.49. The molecule has 94 valence electrons. The molecule has 0 saturated heterocycles. The van der Waals surface area contributed by atoms with Crippen molar-refractivity contribution in [1.82, 2.24) is 4.98 Å². The van der Waals surface area contributed by atoms with Gasteiger partial charge in [-0.3, -0.25) is 0 Å². The molecule has 0 spiro atoms. The van der Waals surface area contributed by atoms with Crippen LogP contribution in [0.25, 0.3) is 0 Å². The van der Waals surface area contributed by atoms with Crippen molar-refractivity contribution in [2.45, 2.75) is 6.42 Å². The lowest BCUT2D eigenvalue weighted by Crippen LogP contribution is -2.08. The molecule has 3 N–H and O–H groups in total. The molecule has 0 unspecified atom stereocenters. The van der Waals surface area contributed by atoms with Crippen molar-refractivity contribution in [2.24, 2.45) is 0 Å². The summed E-state index contributed by atoms with van der Waals surface area (Å²) >= 11 is 0. The van der Waals surface area contributed by atoms with E-state index in [1.54, 1.807) is 6.07 Å². The van der Waals surface area contributed by atoms with Crippen molar-refractivity contribution in [1.29, 1.82) is 0 Å². The zero-order valence-electron chi connectivity index (χ0n) is 10.2. The molecule has 0 aliphatic heterocycles. The van der Waals surface area contributed by atoms with E-state index >= 15 is 0 Å². The van der Waals surface area contributed by atoms with E-state index in [1.165, 1.54) is 0 Å². The molecule has 0 fully saturated rings. The van der Waals surface area contributed by atoms with Crippen LogP contribution in [0.3, 0.4) is 0 Å². The second-order valence-electron chi connectivity index (χ2n) is 3.89. The van der Waals surface area contributed by atoms with Crippen LogP contribution in [0.15, 0.2) is 48.5 Å². The van der Waals surface area contributed by atoms with Crippen molar-refractivity contribution < 1.29 is 4.74 Å². The SMILES string of the molecule is Nc1cccc(NCCCOc2ccccc2)n1. The average Bonchev–Trinajstić information content (AvgIpc) is 2.40. The Morgan fingerprint density at radius 3 is 2.67 bits per heavy atom. The Morgan fingerprint density at radius 1 is 1.06 bits per heavy atom. The summed E-state index contributed by atoms with van der Waals surface area (Å²) in [5.74, 6) is 2.23. The minimum atomic E-state index is 0.528. The number of ether oxygens (including phenoxy) is 1. The number of hydrogen-bond donors (Lipinski definition) is 2. The van der Waals surface area contributed by atoms with Crippen LogP contribution in [0, 0.1) is 0 Å². The van der Waals surface area contributed by atoms with Crippen LogP contribution in [0.2, 0.25) is 0 Å². The van der Waals surface area contributed by atoms with Gasteiger partial charge in [0.1, 0.15) is 17.4 Å². The van der Waals surface area contributed by atoms with Gasteiger partial charge in [-0.05, 0) is 30.7 Å². The summed E-state index contributed by atoms with van der Waals surface area (Å²) < 4.78 is 5.58. The molecular formula is C14H17N3O. The Morgan fingerprint density at radius 2 is 1.89 bits per heavy atom. The standard InChI is InChI=1S/C14H17N3O/c15-13-8-4-9-14(17-13)16-10-5-11-18-12-6-2-1-3-7-12/h1-4,6-9H,5,10-11H2,(H3,15,16,17). The van der Waals surface area contributed by atoms with E-state index in [-0.39, 0.29) is 0 Å². The van der Waals surface area contributed by atoms with Gasteiger partial charge in [0.2, 0.25) is 0 Å². The summed E-state index contributed by atoms with van der Waals surface area (Å²) in [6, 6.07) is 15.3. The highest BCUT2D eigenvalue weighted by Gasteiger charge is 1.95. The number of hydrogen-bond acceptors (Lipinski definition) is 4. The molecular weight excluding hydrogens is 226 g/mol. The van der Waals surface area contributed by atoms with Gasteiger partial charge in [0.25, 0.3) is 0 Å². The molecule has 0 atom stereocenters. The van der Waals surface area contributed by atoms with E-state index in [0.29, 0.717) is 12.4 Å². The van der Waals surface area contributed by atoms with E-state index in [2.05, 4.69) is 10.3 Å². The van der Waals surface area contributed by atoms with Gasteiger partial charge in [0.15, 0.2) is 0 Å². The van der Waals surface area contributed by atoms with Crippen LogP contribution < -0.4 is 15.8 Å². The molecule has 0 bridgehead atoms. The molecule has 1 aromatic heterocycles. The first-order valence-corrected chi connectivity index (χ1v) is 5.99. The minimum Gasteiger partial charge on any atom is -0.494 e. The summed E-state index contributed by atoms with van der Waals surface area (Å²) in [5, 5.41) is 3.20. The maximum Gasteiger partial charge on any atom is 0.128 e.